The third kappa shape index (κ3) is 4.87. The maximum atomic E-state index is 13.4. The van der Waals surface area contributed by atoms with Crippen LogP contribution in [0.2, 0.25) is 0 Å². The van der Waals surface area contributed by atoms with Gasteiger partial charge in [0.15, 0.2) is 11.6 Å². The lowest BCUT2D eigenvalue weighted by molar-refractivity contribution is 0.0924. The molecule has 3 rings (SSSR count). The summed E-state index contributed by atoms with van der Waals surface area (Å²) in [5.41, 5.74) is 2.38. The third-order valence-electron chi connectivity index (χ3n) is 5.26. The molecule has 6 heteroatoms. The number of rotatable bonds is 6. The normalized spacial score (nSPS) is 15.9. The molecule has 1 heterocycles. The van der Waals surface area contributed by atoms with Crippen molar-refractivity contribution in [3.05, 3.63) is 65.2 Å². The van der Waals surface area contributed by atoms with Crippen molar-refractivity contribution in [3.8, 4) is 0 Å². The lowest BCUT2D eigenvalue weighted by Gasteiger charge is -2.35. The topological polar surface area (TPSA) is 35.6 Å². The van der Waals surface area contributed by atoms with Crippen molar-refractivity contribution in [1.29, 1.82) is 0 Å². The van der Waals surface area contributed by atoms with Gasteiger partial charge in [-0.05, 0) is 61.8 Å². The van der Waals surface area contributed by atoms with Crippen LogP contribution in [-0.4, -0.2) is 44.5 Å². The molecule has 0 aromatic heterocycles. The van der Waals surface area contributed by atoms with E-state index in [4.69, 9.17) is 0 Å². The average Bonchev–Trinajstić information content (AvgIpc) is 2.71. The first-order valence-electron chi connectivity index (χ1n) is 9.70. The summed E-state index contributed by atoms with van der Waals surface area (Å²) in [5, 5.41) is 2.90. The summed E-state index contributed by atoms with van der Waals surface area (Å²) in [7, 11) is 4.00. The van der Waals surface area contributed by atoms with Crippen LogP contribution >= 0.6 is 0 Å². The maximum absolute atomic E-state index is 13.4. The Morgan fingerprint density at radius 3 is 2.32 bits per heavy atom. The molecular weight excluding hydrogens is 360 g/mol. The van der Waals surface area contributed by atoms with Gasteiger partial charge in [-0.2, -0.15) is 0 Å². The second kappa shape index (κ2) is 9.15. The lowest BCUT2D eigenvalue weighted by atomic mass is 10.0. The van der Waals surface area contributed by atoms with Crippen LogP contribution in [-0.2, 0) is 0 Å². The molecule has 1 unspecified atom stereocenters. The lowest BCUT2D eigenvalue weighted by Crippen LogP contribution is -2.40. The van der Waals surface area contributed by atoms with Gasteiger partial charge in [0.05, 0.1) is 6.04 Å². The minimum absolute atomic E-state index is 0.0470. The van der Waals surface area contributed by atoms with Gasteiger partial charge in [-0.25, -0.2) is 8.78 Å². The first kappa shape index (κ1) is 20.3. The molecule has 1 saturated heterocycles. The molecule has 0 bridgehead atoms. The smallest absolute Gasteiger partial charge is 0.251 e. The summed E-state index contributed by atoms with van der Waals surface area (Å²) in [5.74, 6) is -2.37. The first-order chi connectivity index (χ1) is 13.5. The predicted molar refractivity (Wildman–Crippen MR) is 108 cm³/mol. The molecule has 1 fully saturated rings. The fourth-order valence-corrected chi connectivity index (χ4v) is 3.61. The highest BCUT2D eigenvalue weighted by Gasteiger charge is 2.23. The number of benzene rings is 2. The number of likely N-dealkylation sites (tertiary alicyclic amines) is 1. The number of hydrogen-bond donors (Lipinski definition) is 1. The second-order valence-corrected chi connectivity index (χ2v) is 7.44. The van der Waals surface area contributed by atoms with Gasteiger partial charge >= 0.3 is 0 Å². The highest BCUT2D eigenvalue weighted by atomic mass is 19.2. The van der Waals surface area contributed by atoms with Crippen molar-refractivity contribution >= 4 is 11.6 Å². The zero-order chi connectivity index (χ0) is 20.1. The molecule has 1 N–H and O–H groups in total. The van der Waals surface area contributed by atoms with Crippen LogP contribution in [0.25, 0.3) is 0 Å². The first-order valence-corrected chi connectivity index (χ1v) is 9.70. The van der Waals surface area contributed by atoms with Crippen molar-refractivity contribution in [2.24, 2.45) is 0 Å². The van der Waals surface area contributed by atoms with E-state index in [1.807, 2.05) is 19.0 Å². The largest absolute Gasteiger partial charge is 0.378 e. The number of nitrogens with zero attached hydrogens (tertiary/aromatic N) is 2. The summed E-state index contributed by atoms with van der Waals surface area (Å²) < 4.78 is 26.5. The van der Waals surface area contributed by atoms with Gasteiger partial charge in [-0.1, -0.05) is 18.6 Å². The Morgan fingerprint density at radius 1 is 1.04 bits per heavy atom. The summed E-state index contributed by atoms with van der Waals surface area (Å²) in [6.45, 7) is 2.39. The van der Waals surface area contributed by atoms with E-state index in [0.29, 0.717) is 6.54 Å². The summed E-state index contributed by atoms with van der Waals surface area (Å²) in [6, 6.07) is 11.6. The van der Waals surface area contributed by atoms with Crippen molar-refractivity contribution in [2.75, 3.05) is 38.6 Å². The Balaban J connectivity index is 1.75. The van der Waals surface area contributed by atoms with Crippen LogP contribution in [0.1, 0.15) is 41.2 Å². The summed E-state index contributed by atoms with van der Waals surface area (Å²) >= 11 is 0. The number of halogens is 2. The Hall–Kier alpha value is -2.47. The van der Waals surface area contributed by atoms with E-state index >= 15 is 0 Å². The second-order valence-electron chi connectivity index (χ2n) is 7.44. The monoisotopic (exact) mass is 387 g/mol. The molecule has 1 aliphatic rings. The highest BCUT2D eigenvalue weighted by molar-refractivity contribution is 5.94. The van der Waals surface area contributed by atoms with Crippen LogP contribution in [0, 0.1) is 11.6 Å². The molecule has 1 atom stereocenters. The van der Waals surface area contributed by atoms with Gasteiger partial charge in [-0.3, -0.25) is 9.69 Å². The summed E-state index contributed by atoms with van der Waals surface area (Å²) in [6.07, 6.45) is 3.51. The van der Waals surface area contributed by atoms with E-state index in [0.717, 1.165) is 49.3 Å². The van der Waals surface area contributed by atoms with Gasteiger partial charge in [0, 0.05) is 31.9 Å². The van der Waals surface area contributed by atoms with Crippen molar-refractivity contribution in [3.63, 3.8) is 0 Å². The molecule has 2 aromatic carbocycles. The SMILES string of the molecule is CN(C)c1ccc(C(CNC(=O)c2ccc(F)c(F)c2)N2CCCCC2)cc1. The van der Waals surface area contributed by atoms with Gasteiger partial charge in [0.25, 0.3) is 5.91 Å². The standard InChI is InChI=1S/C22H27F2N3O/c1-26(2)18-9-6-16(7-10-18)21(27-12-4-3-5-13-27)15-25-22(28)17-8-11-19(23)20(24)14-17/h6-11,14,21H,3-5,12-13,15H2,1-2H3,(H,25,28). The molecule has 0 spiro atoms. The molecule has 0 aliphatic carbocycles. The van der Waals surface area contributed by atoms with E-state index in [2.05, 4.69) is 34.5 Å². The molecule has 150 valence electrons. The van der Waals surface area contributed by atoms with Gasteiger partial charge < -0.3 is 10.2 Å². The van der Waals surface area contributed by atoms with Crippen molar-refractivity contribution in [1.82, 2.24) is 10.2 Å². The number of amides is 1. The Morgan fingerprint density at radius 2 is 1.71 bits per heavy atom. The molecule has 28 heavy (non-hydrogen) atoms. The van der Waals surface area contributed by atoms with Crippen molar-refractivity contribution < 1.29 is 13.6 Å². The van der Waals surface area contributed by atoms with E-state index < -0.39 is 17.5 Å². The van der Waals surface area contributed by atoms with E-state index in [1.165, 1.54) is 12.5 Å². The summed E-state index contributed by atoms with van der Waals surface area (Å²) in [4.78, 5) is 16.9. The molecule has 0 radical (unpaired) electrons. The van der Waals surface area contributed by atoms with Gasteiger partial charge in [0.2, 0.25) is 0 Å². The predicted octanol–water partition coefficient (Wildman–Crippen LogP) is 3.99. The minimum Gasteiger partial charge on any atom is -0.378 e. The zero-order valence-electron chi connectivity index (χ0n) is 16.4. The fraction of sp³-hybridized carbons (Fsp3) is 0.409. The molecule has 2 aromatic rings. The number of nitrogens with one attached hydrogen (secondary N) is 1. The van der Waals surface area contributed by atoms with Gasteiger partial charge in [0.1, 0.15) is 0 Å². The van der Waals surface area contributed by atoms with Crippen LogP contribution in [0.15, 0.2) is 42.5 Å². The number of piperidine rings is 1. The fourth-order valence-electron chi connectivity index (χ4n) is 3.61. The quantitative estimate of drug-likeness (QED) is 0.814. The van der Waals surface area contributed by atoms with Crippen LogP contribution < -0.4 is 10.2 Å². The van der Waals surface area contributed by atoms with Crippen LogP contribution in [0.5, 0.6) is 0 Å². The molecule has 1 amide bonds. The number of carbonyl (C=O) groups is 1. The average molecular weight is 387 g/mol. The van der Waals surface area contributed by atoms with E-state index in [-0.39, 0.29) is 11.6 Å². The number of hydrogen-bond acceptors (Lipinski definition) is 3. The molecule has 1 aliphatic heterocycles. The minimum atomic E-state index is -1.01. The van der Waals surface area contributed by atoms with Gasteiger partial charge in [-0.15, -0.1) is 0 Å². The maximum Gasteiger partial charge on any atom is 0.251 e. The number of carbonyl (C=O) groups excluding carboxylic acids is 1. The van der Waals surface area contributed by atoms with Crippen LogP contribution in [0.4, 0.5) is 14.5 Å². The van der Waals surface area contributed by atoms with Crippen molar-refractivity contribution in [2.45, 2.75) is 25.3 Å². The molecular formula is C22H27F2N3O. The number of anilines is 1. The highest BCUT2D eigenvalue weighted by Crippen LogP contribution is 2.26. The zero-order valence-corrected chi connectivity index (χ0v) is 16.4. The van der Waals surface area contributed by atoms with Crippen LogP contribution in [0.3, 0.4) is 0 Å². The third-order valence-corrected chi connectivity index (χ3v) is 5.26. The van der Waals surface area contributed by atoms with E-state index in [9.17, 15) is 13.6 Å². The Bertz CT molecular complexity index is 802. The van der Waals surface area contributed by atoms with E-state index in [1.54, 1.807) is 0 Å². The Labute approximate surface area is 165 Å². The Kier molecular flexibility index (Phi) is 6.62. The molecule has 4 nitrogen and oxygen atoms in total. The molecule has 0 saturated carbocycles.